The van der Waals surface area contributed by atoms with E-state index in [4.69, 9.17) is 0 Å². The molecule has 13 rings (SSSR count). The standard InChI is InChI=1S/C59H37NS/c1-3-15-38(16-4-1)40-27-30-42(31-28-40)60(56-37-51-50-35-41(39-17-5-2-6-18-39)29-34-57(50)61-58(51)49-23-8-7-22-48(49)56)43-32-33-47-46-21-11-14-26-54(46)59(55(47)36-43)52-24-12-9-19-44(52)45-20-10-13-25-53(45)59/h1-37H. The van der Waals surface area contributed by atoms with Gasteiger partial charge in [-0.2, -0.15) is 0 Å². The molecule has 0 bridgehead atoms. The summed E-state index contributed by atoms with van der Waals surface area (Å²) in [5.41, 5.74) is 18.5. The number of anilines is 3. The van der Waals surface area contributed by atoms with Crippen molar-refractivity contribution in [3.05, 3.63) is 247 Å². The van der Waals surface area contributed by atoms with E-state index in [0.717, 1.165) is 17.1 Å². The molecule has 11 aromatic rings. The van der Waals surface area contributed by atoms with Crippen molar-refractivity contribution in [2.45, 2.75) is 5.41 Å². The van der Waals surface area contributed by atoms with Gasteiger partial charge in [0, 0.05) is 42.3 Å². The second-order valence-corrected chi connectivity index (χ2v) is 17.4. The van der Waals surface area contributed by atoms with Crippen LogP contribution in [0.2, 0.25) is 0 Å². The van der Waals surface area contributed by atoms with Crippen molar-refractivity contribution in [1.82, 2.24) is 0 Å². The van der Waals surface area contributed by atoms with Crippen molar-refractivity contribution < 1.29 is 0 Å². The van der Waals surface area contributed by atoms with Crippen LogP contribution in [0.5, 0.6) is 0 Å². The van der Waals surface area contributed by atoms with Crippen molar-refractivity contribution in [2.75, 3.05) is 4.90 Å². The van der Waals surface area contributed by atoms with Gasteiger partial charge in [0.05, 0.1) is 11.1 Å². The van der Waals surface area contributed by atoms with E-state index in [0.29, 0.717) is 0 Å². The third kappa shape index (κ3) is 4.94. The average Bonchev–Trinajstić information content (AvgIpc) is 3.96. The topological polar surface area (TPSA) is 3.24 Å². The van der Waals surface area contributed by atoms with Gasteiger partial charge in [-0.25, -0.2) is 0 Å². The second kappa shape index (κ2) is 13.2. The third-order valence-corrected chi connectivity index (χ3v) is 14.5. The van der Waals surface area contributed by atoms with Crippen LogP contribution in [0.25, 0.3) is 75.5 Å². The van der Waals surface area contributed by atoms with Gasteiger partial charge in [0.1, 0.15) is 0 Å². The maximum Gasteiger partial charge on any atom is 0.0726 e. The fraction of sp³-hybridized carbons (Fsp3) is 0.0169. The van der Waals surface area contributed by atoms with E-state index in [1.165, 1.54) is 97.7 Å². The lowest BCUT2D eigenvalue weighted by molar-refractivity contribution is 0.793. The molecule has 0 amide bonds. The van der Waals surface area contributed by atoms with Crippen LogP contribution in [0, 0.1) is 0 Å². The number of fused-ring (bicyclic) bond motifs is 15. The van der Waals surface area contributed by atoms with Gasteiger partial charge in [0.2, 0.25) is 0 Å². The lowest BCUT2D eigenvalue weighted by Gasteiger charge is -2.32. The zero-order valence-corrected chi connectivity index (χ0v) is 34.0. The minimum absolute atomic E-state index is 0.443. The molecule has 1 aromatic heterocycles. The Kier molecular flexibility index (Phi) is 7.46. The maximum absolute atomic E-state index is 2.52. The molecule has 284 valence electrons. The summed E-state index contributed by atoms with van der Waals surface area (Å²) in [6, 6.07) is 83.5. The minimum atomic E-state index is -0.443. The Labute approximate surface area is 359 Å². The molecule has 1 spiro atoms. The van der Waals surface area contributed by atoms with Crippen LogP contribution in [0.4, 0.5) is 17.1 Å². The molecular weight excluding hydrogens is 755 g/mol. The molecule has 2 heteroatoms. The van der Waals surface area contributed by atoms with E-state index in [9.17, 15) is 0 Å². The predicted octanol–water partition coefficient (Wildman–Crippen LogP) is 16.4. The molecule has 2 aliphatic carbocycles. The maximum atomic E-state index is 2.52. The summed E-state index contributed by atoms with van der Waals surface area (Å²) in [5, 5.41) is 5.07. The Hall–Kier alpha value is -7.52. The smallest absolute Gasteiger partial charge is 0.0726 e. The van der Waals surface area contributed by atoms with E-state index >= 15 is 0 Å². The van der Waals surface area contributed by atoms with Gasteiger partial charge < -0.3 is 4.90 Å². The molecular formula is C59H37NS. The van der Waals surface area contributed by atoms with Crippen molar-refractivity contribution in [2.24, 2.45) is 0 Å². The van der Waals surface area contributed by atoms with Crippen molar-refractivity contribution in [1.29, 1.82) is 0 Å². The highest BCUT2D eigenvalue weighted by Crippen LogP contribution is 2.63. The second-order valence-electron chi connectivity index (χ2n) is 16.4. The first kappa shape index (κ1) is 34.4. The van der Waals surface area contributed by atoms with Crippen LogP contribution >= 0.6 is 11.3 Å². The van der Waals surface area contributed by atoms with Gasteiger partial charge >= 0.3 is 0 Å². The van der Waals surface area contributed by atoms with Crippen molar-refractivity contribution in [3.8, 4) is 44.5 Å². The van der Waals surface area contributed by atoms with Gasteiger partial charge in [-0.1, -0.05) is 182 Å². The fourth-order valence-corrected chi connectivity index (χ4v) is 11.9. The van der Waals surface area contributed by atoms with Gasteiger partial charge in [0.15, 0.2) is 0 Å². The molecule has 0 fully saturated rings. The molecule has 1 nitrogen and oxygen atoms in total. The Morgan fingerprint density at radius 1 is 0.311 bits per heavy atom. The lowest BCUT2D eigenvalue weighted by atomic mass is 9.70. The zero-order valence-electron chi connectivity index (χ0n) is 33.2. The van der Waals surface area contributed by atoms with E-state index < -0.39 is 5.41 Å². The molecule has 61 heavy (non-hydrogen) atoms. The summed E-state index contributed by atoms with van der Waals surface area (Å²) in [6.07, 6.45) is 0. The largest absolute Gasteiger partial charge is 0.310 e. The number of nitrogens with zero attached hydrogens (tertiary/aromatic N) is 1. The summed E-state index contributed by atoms with van der Waals surface area (Å²) in [6.45, 7) is 0. The van der Waals surface area contributed by atoms with E-state index in [2.05, 4.69) is 229 Å². The first-order chi connectivity index (χ1) is 30.3. The monoisotopic (exact) mass is 791 g/mol. The Bertz CT molecular complexity index is 3460. The Balaban J connectivity index is 1.10. The molecule has 10 aromatic carbocycles. The number of hydrogen-bond acceptors (Lipinski definition) is 2. The van der Waals surface area contributed by atoms with Crippen LogP contribution in [0.15, 0.2) is 224 Å². The SMILES string of the molecule is c1ccc(-c2ccc(N(c3ccc4c(c3)C3(c5ccccc5-c5ccccc53)c3ccccc3-4)c3cc4c5cc(-c6ccccc6)ccc5sc4c4ccccc34)cc2)cc1. The minimum Gasteiger partial charge on any atom is -0.310 e. The van der Waals surface area contributed by atoms with E-state index in [1.807, 2.05) is 11.3 Å². The Morgan fingerprint density at radius 2 is 0.803 bits per heavy atom. The van der Waals surface area contributed by atoms with Gasteiger partial charge in [-0.15, -0.1) is 11.3 Å². The molecule has 0 atom stereocenters. The normalized spacial score (nSPS) is 13.0. The number of rotatable bonds is 5. The highest BCUT2D eigenvalue weighted by molar-refractivity contribution is 7.26. The van der Waals surface area contributed by atoms with Crippen LogP contribution in [0.3, 0.4) is 0 Å². The molecule has 0 N–H and O–H groups in total. The molecule has 0 saturated carbocycles. The zero-order chi connectivity index (χ0) is 40.1. The summed E-state index contributed by atoms with van der Waals surface area (Å²) in [4.78, 5) is 2.52. The quantitative estimate of drug-likeness (QED) is 0.168. The van der Waals surface area contributed by atoms with E-state index in [1.54, 1.807) is 0 Å². The summed E-state index contributed by atoms with van der Waals surface area (Å²) in [5.74, 6) is 0. The van der Waals surface area contributed by atoms with Crippen molar-refractivity contribution >= 4 is 59.3 Å². The van der Waals surface area contributed by atoms with Gasteiger partial charge in [-0.05, 0) is 109 Å². The number of benzene rings is 10. The van der Waals surface area contributed by atoms with Crippen LogP contribution in [-0.2, 0) is 5.41 Å². The average molecular weight is 792 g/mol. The van der Waals surface area contributed by atoms with Crippen LogP contribution in [0.1, 0.15) is 22.3 Å². The first-order valence-corrected chi connectivity index (χ1v) is 21.9. The first-order valence-electron chi connectivity index (χ1n) is 21.1. The molecule has 0 aliphatic heterocycles. The fourth-order valence-electron chi connectivity index (χ4n) is 10.7. The molecule has 0 unspecified atom stereocenters. The summed E-state index contributed by atoms with van der Waals surface area (Å²) in [7, 11) is 0. The molecule has 2 aliphatic rings. The molecule has 0 radical (unpaired) electrons. The van der Waals surface area contributed by atoms with Crippen LogP contribution < -0.4 is 4.90 Å². The van der Waals surface area contributed by atoms with E-state index in [-0.39, 0.29) is 0 Å². The number of hydrogen-bond donors (Lipinski definition) is 0. The third-order valence-electron chi connectivity index (χ3n) is 13.3. The van der Waals surface area contributed by atoms with Gasteiger partial charge in [0.25, 0.3) is 0 Å². The number of thiophene rings is 1. The highest BCUT2D eigenvalue weighted by Gasteiger charge is 2.51. The van der Waals surface area contributed by atoms with Crippen LogP contribution in [-0.4, -0.2) is 0 Å². The highest BCUT2D eigenvalue weighted by atomic mass is 32.1. The molecule has 0 saturated heterocycles. The Morgan fingerprint density at radius 3 is 1.44 bits per heavy atom. The molecule has 1 heterocycles. The lowest BCUT2D eigenvalue weighted by Crippen LogP contribution is -2.26. The summed E-state index contributed by atoms with van der Waals surface area (Å²) >= 11 is 1.90. The van der Waals surface area contributed by atoms with Gasteiger partial charge in [-0.3, -0.25) is 0 Å². The van der Waals surface area contributed by atoms with Crippen molar-refractivity contribution in [3.63, 3.8) is 0 Å². The predicted molar refractivity (Wildman–Crippen MR) is 259 cm³/mol. The summed E-state index contributed by atoms with van der Waals surface area (Å²) < 4.78 is 2.62.